The number of benzene rings is 2. The molecule has 0 radical (unpaired) electrons. The first kappa shape index (κ1) is 13.1. The third kappa shape index (κ3) is 2.55. The summed E-state index contributed by atoms with van der Waals surface area (Å²) in [6.45, 7) is 0. The van der Waals surface area contributed by atoms with Gasteiger partial charge in [-0.25, -0.2) is 13.8 Å². The molecular formula is C15H12F2N2S. The molecule has 0 aliphatic heterocycles. The Hall–Kier alpha value is -1.85. The van der Waals surface area contributed by atoms with Crippen molar-refractivity contribution in [1.82, 2.24) is 4.98 Å². The molecule has 2 aromatic carbocycles. The Balaban J connectivity index is 1.84. The molecule has 0 saturated carbocycles. The van der Waals surface area contributed by atoms with E-state index in [9.17, 15) is 8.78 Å². The highest BCUT2D eigenvalue weighted by Crippen LogP contribution is 2.25. The topological polar surface area (TPSA) is 38.9 Å². The van der Waals surface area contributed by atoms with Gasteiger partial charge < -0.3 is 5.73 Å². The summed E-state index contributed by atoms with van der Waals surface area (Å²) in [4.78, 5) is 4.49. The van der Waals surface area contributed by atoms with Gasteiger partial charge in [-0.1, -0.05) is 18.2 Å². The van der Waals surface area contributed by atoms with E-state index in [1.807, 2.05) is 24.3 Å². The van der Waals surface area contributed by atoms with Crippen LogP contribution in [0.4, 0.5) is 8.78 Å². The number of nitrogens with zero attached hydrogens (tertiary/aromatic N) is 1. The van der Waals surface area contributed by atoms with Crippen LogP contribution in [0.2, 0.25) is 0 Å². The summed E-state index contributed by atoms with van der Waals surface area (Å²) < 4.78 is 27.2. The van der Waals surface area contributed by atoms with E-state index in [2.05, 4.69) is 4.98 Å². The predicted octanol–water partition coefficient (Wildman–Crippen LogP) is 3.82. The molecule has 2 N–H and O–H groups in total. The number of hydrogen-bond donors (Lipinski definition) is 1. The van der Waals surface area contributed by atoms with Gasteiger partial charge in [0, 0.05) is 12.5 Å². The number of fused-ring (bicyclic) bond motifs is 1. The summed E-state index contributed by atoms with van der Waals surface area (Å²) in [6.07, 6.45) is 0.504. The van der Waals surface area contributed by atoms with Crippen molar-refractivity contribution in [3.05, 3.63) is 64.7 Å². The van der Waals surface area contributed by atoms with Crippen LogP contribution in [0.25, 0.3) is 10.2 Å². The van der Waals surface area contributed by atoms with E-state index < -0.39 is 17.7 Å². The van der Waals surface area contributed by atoms with E-state index in [-0.39, 0.29) is 0 Å². The number of halogens is 2. The van der Waals surface area contributed by atoms with Crippen LogP contribution in [-0.4, -0.2) is 4.98 Å². The lowest BCUT2D eigenvalue weighted by atomic mass is 10.0. The average Bonchev–Trinajstić information content (AvgIpc) is 2.83. The number of aromatic nitrogens is 1. The SMILES string of the molecule is NC(Cc1nc2ccccc2s1)c1ccc(F)c(F)c1. The highest BCUT2D eigenvalue weighted by Gasteiger charge is 2.13. The summed E-state index contributed by atoms with van der Waals surface area (Å²) >= 11 is 1.57. The van der Waals surface area contributed by atoms with Crippen LogP contribution in [0.3, 0.4) is 0 Å². The Morgan fingerprint density at radius 3 is 2.65 bits per heavy atom. The minimum atomic E-state index is -0.873. The van der Waals surface area contributed by atoms with Crippen molar-refractivity contribution in [1.29, 1.82) is 0 Å². The van der Waals surface area contributed by atoms with Gasteiger partial charge in [-0.3, -0.25) is 0 Å². The summed E-state index contributed by atoms with van der Waals surface area (Å²) in [5.41, 5.74) is 7.55. The fourth-order valence-electron chi connectivity index (χ4n) is 2.06. The molecule has 20 heavy (non-hydrogen) atoms. The van der Waals surface area contributed by atoms with Crippen LogP contribution >= 0.6 is 11.3 Å². The lowest BCUT2D eigenvalue weighted by Gasteiger charge is -2.10. The molecular weight excluding hydrogens is 278 g/mol. The second-order valence-electron chi connectivity index (χ2n) is 4.56. The summed E-state index contributed by atoms with van der Waals surface area (Å²) in [5, 5.41) is 0.892. The van der Waals surface area contributed by atoms with Crippen LogP contribution in [0, 0.1) is 11.6 Å². The predicted molar refractivity (Wildman–Crippen MR) is 76.6 cm³/mol. The largest absolute Gasteiger partial charge is 0.324 e. The Bertz CT molecular complexity index is 721. The molecule has 0 aliphatic carbocycles. The average molecular weight is 290 g/mol. The Morgan fingerprint density at radius 2 is 1.90 bits per heavy atom. The van der Waals surface area contributed by atoms with Crippen LogP contribution in [-0.2, 0) is 6.42 Å². The van der Waals surface area contributed by atoms with Gasteiger partial charge in [0.15, 0.2) is 11.6 Å². The minimum absolute atomic E-state index is 0.398. The quantitative estimate of drug-likeness (QED) is 0.796. The van der Waals surface area contributed by atoms with Gasteiger partial charge >= 0.3 is 0 Å². The first-order valence-corrected chi connectivity index (χ1v) is 7.00. The second kappa shape index (κ2) is 5.26. The van der Waals surface area contributed by atoms with Gasteiger partial charge in [0.2, 0.25) is 0 Å². The van der Waals surface area contributed by atoms with E-state index in [4.69, 9.17) is 5.73 Å². The molecule has 5 heteroatoms. The molecule has 0 spiro atoms. The van der Waals surface area contributed by atoms with Crippen LogP contribution in [0.5, 0.6) is 0 Å². The number of rotatable bonds is 3. The zero-order chi connectivity index (χ0) is 14.1. The van der Waals surface area contributed by atoms with Gasteiger partial charge in [-0.2, -0.15) is 0 Å². The normalized spacial score (nSPS) is 12.8. The fourth-order valence-corrected chi connectivity index (χ4v) is 3.08. The van der Waals surface area contributed by atoms with Crippen molar-refractivity contribution < 1.29 is 8.78 Å². The summed E-state index contributed by atoms with van der Waals surface area (Å²) in [7, 11) is 0. The lowest BCUT2D eigenvalue weighted by molar-refractivity contribution is 0.505. The molecule has 102 valence electrons. The smallest absolute Gasteiger partial charge is 0.159 e. The molecule has 1 unspecified atom stereocenters. The van der Waals surface area contributed by atoms with Crippen molar-refractivity contribution in [3.8, 4) is 0 Å². The van der Waals surface area contributed by atoms with Crippen LogP contribution < -0.4 is 5.73 Å². The number of thiazole rings is 1. The molecule has 0 saturated heterocycles. The molecule has 1 atom stereocenters. The van der Waals surface area contributed by atoms with Crippen LogP contribution in [0.15, 0.2) is 42.5 Å². The van der Waals surface area contributed by atoms with E-state index in [1.54, 1.807) is 11.3 Å². The Morgan fingerprint density at radius 1 is 1.10 bits per heavy atom. The van der Waals surface area contributed by atoms with Gasteiger partial charge in [-0.15, -0.1) is 11.3 Å². The molecule has 0 aliphatic rings. The highest BCUT2D eigenvalue weighted by atomic mass is 32.1. The van der Waals surface area contributed by atoms with E-state index in [1.165, 1.54) is 6.07 Å². The van der Waals surface area contributed by atoms with Crippen LogP contribution in [0.1, 0.15) is 16.6 Å². The molecule has 1 aromatic heterocycles. The van der Waals surface area contributed by atoms with Gasteiger partial charge in [0.1, 0.15) is 0 Å². The molecule has 0 bridgehead atoms. The second-order valence-corrected chi connectivity index (χ2v) is 5.67. The molecule has 2 nitrogen and oxygen atoms in total. The first-order chi connectivity index (χ1) is 9.63. The maximum absolute atomic E-state index is 13.2. The van der Waals surface area contributed by atoms with Crippen molar-refractivity contribution in [2.75, 3.05) is 0 Å². The number of nitrogens with two attached hydrogens (primary N) is 1. The maximum atomic E-state index is 13.2. The lowest BCUT2D eigenvalue weighted by Crippen LogP contribution is -2.13. The zero-order valence-electron chi connectivity index (χ0n) is 10.5. The zero-order valence-corrected chi connectivity index (χ0v) is 11.3. The first-order valence-electron chi connectivity index (χ1n) is 6.18. The highest BCUT2D eigenvalue weighted by molar-refractivity contribution is 7.18. The Labute approximate surface area is 118 Å². The molecule has 3 rings (SSSR count). The number of para-hydroxylation sites is 1. The number of hydrogen-bond acceptors (Lipinski definition) is 3. The van der Waals surface area contributed by atoms with Gasteiger partial charge in [-0.05, 0) is 29.8 Å². The van der Waals surface area contributed by atoms with E-state index in [0.29, 0.717) is 12.0 Å². The monoisotopic (exact) mass is 290 g/mol. The standard InChI is InChI=1S/C15H12F2N2S/c16-10-6-5-9(7-11(10)17)12(18)8-15-19-13-3-1-2-4-14(13)20-15/h1-7,12H,8,18H2. The minimum Gasteiger partial charge on any atom is -0.324 e. The van der Waals surface area contributed by atoms with E-state index in [0.717, 1.165) is 27.4 Å². The molecule has 3 aromatic rings. The molecule has 0 fully saturated rings. The van der Waals surface area contributed by atoms with Gasteiger partial charge in [0.25, 0.3) is 0 Å². The Kier molecular flexibility index (Phi) is 3.46. The maximum Gasteiger partial charge on any atom is 0.159 e. The summed E-state index contributed by atoms with van der Waals surface area (Å²) in [6, 6.07) is 11.2. The molecule has 0 amide bonds. The van der Waals surface area contributed by atoms with E-state index >= 15 is 0 Å². The van der Waals surface area contributed by atoms with Crippen molar-refractivity contribution >= 4 is 21.6 Å². The van der Waals surface area contributed by atoms with Crippen molar-refractivity contribution in [2.45, 2.75) is 12.5 Å². The van der Waals surface area contributed by atoms with Crippen molar-refractivity contribution in [3.63, 3.8) is 0 Å². The summed E-state index contributed by atoms with van der Waals surface area (Å²) in [5.74, 6) is -1.73. The third-order valence-electron chi connectivity index (χ3n) is 3.10. The van der Waals surface area contributed by atoms with Gasteiger partial charge in [0.05, 0.1) is 15.2 Å². The van der Waals surface area contributed by atoms with Crippen molar-refractivity contribution in [2.24, 2.45) is 5.73 Å². The third-order valence-corrected chi connectivity index (χ3v) is 4.16. The molecule has 1 heterocycles. The fraction of sp³-hybridized carbons (Fsp3) is 0.133.